The summed E-state index contributed by atoms with van der Waals surface area (Å²) < 4.78 is 5.98. The second-order valence-corrected chi connectivity index (χ2v) is 8.40. The Kier molecular flexibility index (Phi) is 6.54. The van der Waals surface area contributed by atoms with Gasteiger partial charge in [0.1, 0.15) is 5.75 Å². The van der Waals surface area contributed by atoms with Crippen LogP contribution >= 0.6 is 27.5 Å². The molecule has 0 aliphatic heterocycles. The molecule has 0 radical (unpaired) electrons. The Morgan fingerprint density at radius 1 is 1.19 bits per heavy atom. The summed E-state index contributed by atoms with van der Waals surface area (Å²) >= 11 is 9.35. The number of nitrogens with zero attached hydrogens (tertiary/aromatic N) is 1. The maximum absolute atomic E-state index is 13.2. The van der Waals surface area contributed by atoms with E-state index in [-0.39, 0.29) is 5.91 Å². The van der Waals surface area contributed by atoms with Crippen LogP contribution in [0.2, 0.25) is 5.02 Å². The number of halogens is 2. The Morgan fingerprint density at radius 2 is 1.85 bits per heavy atom. The average molecular weight is 454 g/mol. The molecule has 0 aliphatic carbocycles. The number of hydrogen-bond donors (Lipinski definition) is 1. The number of carbonyl (C=O) groups is 2. The summed E-state index contributed by atoms with van der Waals surface area (Å²) in [6.07, 6.45) is 0. The van der Waals surface area contributed by atoms with Crippen molar-refractivity contribution in [3.8, 4) is 5.75 Å². The lowest BCUT2D eigenvalue weighted by Gasteiger charge is -2.36. The average Bonchev–Trinajstić information content (AvgIpc) is 2.57. The van der Waals surface area contributed by atoms with Gasteiger partial charge in [-0.05, 0) is 58.0 Å². The summed E-state index contributed by atoms with van der Waals surface area (Å²) in [5, 5.41) is 1.75. The van der Waals surface area contributed by atoms with Crippen LogP contribution in [0.1, 0.15) is 47.1 Å². The van der Waals surface area contributed by atoms with Gasteiger partial charge in [-0.3, -0.25) is 15.0 Å². The molecule has 5 nitrogen and oxygen atoms in total. The van der Waals surface area contributed by atoms with Crippen LogP contribution in [0.3, 0.4) is 0 Å². The molecule has 0 bridgehead atoms. The summed E-state index contributed by atoms with van der Waals surface area (Å²) in [5.74, 6) is -0.143. The minimum Gasteiger partial charge on any atom is -0.496 e. The van der Waals surface area contributed by atoms with Crippen molar-refractivity contribution in [2.45, 2.75) is 33.2 Å². The van der Waals surface area contributed by atoms with Crippen molar-refractivity contribution in [1.82, 2.24) is 10.4 Å². The predicted octanol–water partition coefficient (Wildman–Crippen LogP) is 5.01. The number of benzene rings is 2. The molecule has 0 atom stereocenters. The van der Waals surface area contributed by atoms with Crippen LogP contribution in [-0.2, 0) is 0 Å². The molecule has 27 heavy (non-hydrogen) atoms. The van der Waals surface area contributed by atoms with Gasteiger partial charge in [0.25, 0.3) is 11.8 Å². The number of hydrogen-bond acceptors (Lipinski definition) is 3. The van der Waals surface area contributed by atoms with E-state index < -0.39 is 11.4 Å². The number of hydrazine groups is 1. The SMILES string of the molecule is COc1cccc(C(=O)N(NC(=O)c2cc(Cl)cc(Br)c2)C(C)(C)C)c1C. The summed E-state index contributed by atoms with van der Waals surface area (Å²) in [6, 6.07) is 10.1. The number of methoxy groups -OCH3 is 1. The molecule has 2 rings (SSSR count). The first kappa shape index (κ1) is 21.3. The smallest absolute Gasteiger partial charge is 0.273 e. The second kappa shape index (κ2) is 8.31. The lowest BCUT2D eigenvalue weighted by Crippen LogP contribution is -2.56. The second-order valence-electron chi connectivity index (χ2n) is 7.04. The molecule has 7 heteroatoms. The number of amides is 2. The van der Waals surface area contributed by atoms with E-state index >= 15 is 0 Å². The zero-order valence-electron chi connectivity index (χ0n) is 15.9. The fourth-order valence-corrected chi connectivity index (χ4v) is 3.42. The quantitative estimate of drug-likeness (QED) is 0.665. The molecule has 2 aromatic carbocycles. The molecule has 0 aromatic heterocycles. The number of rotatable bonds is 3. The van der Waals surface area contributed by atoms with E-state index in [4.69, 9.17) is 16.3 Å². The highest BCUT2D eigenvalue weighted by Gasteiger charge is 2.31. The zero-order valence-corrected chi connectivity index (χ0v) is 18.2. The van der Waals surface area contributed by atoms with Gasteiger partial charge in [0.15, 0.2) is 0 Å². The van der Waals surface area contributed by atoms with Gasteiger partial charge in [-0.25, -0.2) is 5.01 Å². The molecule has 1 N–H and O–H groups in total. The van der Waals surface area contributed by atoms with Gasteiger partial charge in [-0.15, -0.1) is 0 Å². The number of ether oxygens (including phenoxy) is 1. The summed E-state index contributed by atoms with van der Waals surface area (Å²) in [7, 11) is 1.55. The minimum atomic E-state index is -0.655. The maximum Gasteiger partial charge on any atom is 0.273 e. The van der Waals surface area contributed by atoms with Crippen LogP contribution in [0.4, 0.5) is 0 Å². The Hall–Kier alpha value is -2.05. The number of carbonyl (C=O) groups excluding carboxylic acids is 2. The molecule has 0 heterocycles. The molecule has 0 fully saturated rings. The highest BCUT2D eigenvalue weighted by Crippen LogP contribution is 2.25. The van der Waals surface area contributed by atoms with Gasteiger partial charge < -0.3 is 4.74 Å². The van der Waals surface area contributed by atoms with Crippen molar-refractivity contribution >= 4 is 39.3 Å². The van der Waals surface area contributed by atoms with E-state index in [0.717, 1.165) is 0 Å². The highest BCUT2D eigenvalue weighted by atomic mass is 79.9. The molecule has 0 spiro atoms. The molecule has 0 saturated heterocycles. The van der Waals surface area contributed by atoms with Crippen LogP contribution in [0.5, 0.6) is 5.75 Å². The fourth-order valence-electron chi connectivity index (χ4n) is 2.56. The molecular weight excluding hydrogens is 432 g/mol. The number of nitrogens with one attached hydrogen (secondary N) is 1. The van der Waals surface area contributed by atoms with Crippen molar-refractivity contribution in [1.29, 1.82) is 0 Å². The topological polar surface area (TPSA) is 58.6 Å². The first-order chi connectivity index (χ1) is 12.5. The summed E-state index contributed by atoms with van der Waals surface area (Å²) in [5.41, 5.74) is 3.57. The molecule has 144 valence electrons. The van der Waals surface area contributed by atoms with Crippen LogP contribution in [0, 0.1) is 6.92 Å². The van der Waals surface area contributed by atoms with Gasteiger partial charge in [0.05, 0.1) is 12.6 Å². The van der Waals surface area contributed by atoms with E-state index in [0.29, 0.717) is 31.9 Å². The normalized spacial score (nSPS) is 11.1. The third kappa shape index (κ3) is 5.02. The van der Waals surface area contributed by atoms with E-state index in [1.165, 1.54) is 5.01 Å². The van der Waals surface area contributed by atoms with E-state index in [1.54, 1.807) is 43.5 Å². The van der Waals surface area contributed by atoms with Crippen LogP contribution in [-0.4, -0.2) is 29.5 Å². The van der Waals surface area contributed by atoms with Crippen molar-refractivity contribution < 1.29 is 14.3 Å². The van der Waals surface area contributed by atoms with E-state index in [1.807, 2.05) is 27.7 Å². The Labute approximate surface area is 172 Å². The molecule has 2 amide bonds. The van der Waals surface area contributed by atoms with Gasteiger partial charge in [0, 0.05) is 26.2 Å². The molecule has 0 aliphatic rings. The van der Waals surface area contributed by atoms with Gasteiger partial charge >= 0.3 is 0 Å². The Bertz CT molecular complexity index is 858. The lowest BCUT2D eigenvalue weighted by molar-refractivity contribution is 0.0357. The van der Waals surface area contributed by atoms with Crippen molar-refractivity contribution in [2.24, 2.45) is 0 Å². The monoisotopic (exact) mass is 452 g/mol. The molecule has 0 unspecified atom stereocenters. The van der Waals surface area contributed by atoms with Crippen LogP contribution < -0.4 is 10.2 Å². The standard InChI is InChI=1S/C20H22BrClN2O3/c1-12-16(7-6-8-17(12)27-5)19(26)24(20(2,3)4)23-18(25)13-9-14(21)11-15(22)10-13/h6-11H,1-5H3,(H,23,25). The van der Waals surface area contributed by atoms with Crippen molar-refractivity contribution in [2.75, 3.05) is 7.11 Å². The minimum absolute atomic E-state index is 0.326. The van der Waals surface area contributed by atoms with Crippen molar-refractivity contribution in [3.63, 3.8) is 0 Å². The lowest BCUT2D eigenvalue weighted by atomic mass is 10.0. The van der Waals surface area contributed by atoms with Crippen molar-refractivity contribution in [3.05, 3.63) is 62.6 Å². The van der Waals surface area contributed by atoms with Gasteiger partial charge in [-0.1, -0.05) is 33.6 Å². The Balaban J connectivity index is 2.39. The van der Waals surface area contributed by atoms with Gasteiger partial charge in [0.2, 0.25) is 0 Å². The molecular formula is C20H22BrClN2O3. The summed E-state index contributed by atoms with van der Waals surface area (Å²) in [4.78, 5) is 25.9. The highest BCUT2D eigenvalue weighted by molar-refractivity contribution is 9.10. The first-order valence-corrected chi connectivity index (χ1v) is 9.47. The van der Waals surface area contributed by atoms with Crippen LogP contribution in [0.15, 0.2) is 40.9 Å². The third-order valence-electron chi connectivity index (χ3n) is 3.95. The predicted molar refractivity (Wildman–Crippen MR) is 110 cm³/mol. The van der Waals surface area contributed by atoms with Crippen LogP contribution in [0.25, 0.3) is 0 Å². The third-order valence-corrected chi connectivity index (χ3v) is 4.62. The van der Waals surface area contributed by atoms with Gasteiger partial charge in [-0.2, -0.15) is 0 Å². The van der Waals surface area contributed by atoms with E-state index in [2.05, 4.69) is 21.4 Å². The first-order valence-electron chi connectivity index (χ1n) is 8.30. The summed E-state index contributed by atoms with van der Waals surface area (Å²) in [6.45, 7) is 7.33. The molecule has 0 saturated carbocycles. The zero-order chi connectivity index (χ0) is 20.4. The van der Waals surface area contributed by atoms with E-state index in [9.17, 15) is 9.59 Å². The molecule has 2 aromatic rings. The fraction of sp³-hybridized carbons (Fsp3) is 0.300. The Morgan fingerprint density at radius 3 is 2.41 bits per heavy atom. The largest absolute Gasteiger partial charge is 0.496 e. The maximum atomic E-state index is 13.2.